The van der Waals surface area contributed by atoms with Crippen LogP contribution in [0.1, 0.15) is 112 Å². The number of benzene rings is 15. The van der Waals surface area contributed by atoms with Gasteiger partial charge in [-0.15, -0.1) is 0 Å². The monoisotopic (exact) mass is 1340 g/mol. The molecule has 0 fully saturated rings. The van der Waals surface area contributed by atoms with Crippen molar-refractivity contribution < 1.29 is 26.0 Å². The molecular weight excluding hydrogens is 1240 g/mol. The van der Waals surface area contributed by atoms with Gasteiger partial charge in [-0.2, -0.15) is 0 Å². The normalized spacial score (nSPS) is 15.6. The van der Waals surface area contributed by atoms with Gasteiger partial charge in [0.05, 0.1) is 77.2 Å². The Hall–Kier alpha value is -12.3. The maximum Gasteiger partial charge on any atom is 0.0948 e. The van der Waals surface area contributed by atoms with Crippen LogP contribution in [-0.4, -0.2) is 0 Å². The zero-order chi connectivity index (χ0) is 86.0. The minimum atomic E-state index is -0.890. The van der Waals surface area contributed by atoms with Gasteiger partial charge >= 0.3 is 0 Å². The first-order valence-corrected chi connectivity index (χ1v) is 34.7. The van der Waals surface area contributed by atoms with E-state index in [9.17, 15) is 21.9 Å². The van der Waals surface area contributed by atoms with Crippen molar-refractivity contribution in [1.29, 1.82) is 0 Å². The third kappa shape index (κ3) is 11.1. The average molecular weight is 1340 g/mol. The highest BCUT2D eigenvalue weighted by molar-refractivity contribution is 6.17. The van der Waals surface area contributed by atoms with E-state index in [2.05, 4.69) is 59.5 Å². The molecule has 0 N–H and O–H groups in total. The largest absolute Gasteiger partial charge is 0.305 e. The fourth-order valence-corrected chi connectivity index (χ4v) is 15.4. The van der Waals surface area contributed by atoms with Crippen molar-refractivity contribution in [3.8, 4) is 89.0 Å². The summed E-state index contributed by atoms with van der Waals surface area (Å²) in [5.74, 6) is -0.676. The Morgan fingerprint density at radius 1 is 0.262 bits per heavy atom. The summed E-state index contributed by atoms with van der Waals surface area (Å²) in [5.41, 5.74) is 12.3. The Morgan fingerprint density at radius 3 is 0.971 bits per heavy atom. The predicted octanol–water partition coefficient (Wildman–Crippen LogP) is 27.7. The average Bonchev–Trinajstić information content (AvgIpc) is 0.680. The first kappa shape index (κ1) is 45.5. The van der Waals surface area contributed by atoms with E-state index in [0.29, 0.717) is 74.0 Å². The summed E-state index contributed by atoms with van der Waals surface area (Å²) in [7, 11) is 0. The van der Waals surface area contributed by atoms with Crippen molar-refractivity contribution in [2.75, 3.05) is 14.7 Å². The van der Waals surface area contributed by atoms with Crippen molar-refractivity contribution in [3.63, 3.8) is 0 Å². The quantitative estimate of drug-likeness (QED) is 0.128. The summed E-state index contributed by atoms with van der Waals surface area (Å²) < 4.78 is 186. The predicted molar refractivity (Wildman–Crippen MR) is 435 cm³/mol. The lowest BCUT2D eigenvalue weighted by atomic mass is 9.74. The molecule has 0 aromatic heterocycles. The fourth-order valence-electron chi connectivity index (χ4n) is 15.4. The van der Waals surface area contributed by atoms with Crippen LogP contribution in [0.25, 0.3) is 89.0 Å². The molecule has 0 amide bonds. The second kappa shape index (κ2) is 25.4. The summed E-state index contributed by atoms with van der Waals surface area (Å²) >= 11 is 0. The molecule has 0 saturated heterocycles. The van der Waals surface area contributed by atoms with E-state index in [-0.39, 0.29) is 55.9 Å². The lowest BCUT2D eigenvalue weighted by Gasteiger charge is -2.49. The topological polar surface area (TPSA) is 9.72 Å². The third-order valence-corrected chi connectivity index (χ3v) is 20.3. The molecule has 18 rings (SSSR count). The number of hydrogen-bond acceptors (Lipinski definition) is 3. The van der Waals surface area contributed by atoms with Gasteiger partial charge in [-0.1, -0.05) is 332 Å². The van der Waals surface area contributed by atoms with Gasteiger partial charge in [0.15, 0.2) is 0 Å². The van der Waals surface area contributed by atoms with E-state index in [4.69, 9.17) is 4.11 Å². The molecule has 15 aromatic rings. The Morgan fingerprint density at radius 2 is 0.592 bits per heavy atom. The van der Waals surface area contributed by atoms with Gasteiger partial charge in [0, 0.05) is 28.2 Å². The molecule has 0 unspecified atom stereocenters. The van der Waals surface area contributed by atoms with E-state index in [1.165, 1.54) is 0 Å². The molecular formula is C100H79N3. The summed E-state index contributed by atoms with van der Waals surface area (Å²) in [6.07, 6.45) is 0.546. The molecule has 494 valence electrons. The van der Waals surface area contributed by atoms with E-state index < -0.39 is 132 Å². The molecule has 0 saturated carbocycles. The first-order valence-electron chi connectivity index (χ1n) is 44.2. The molecule has 0 atom stereocenters. The van der Waals surface area contributed by atoms with Crippen LogP contribution in [0, 0.1) is 0 Å². The lowest BCUT2D eigenvalue weighted by molar-refractivity contribution is 0.590. The molecule has 2 heterocycles. The number of hydrogen-bond donors (Lipinski definition) is 0. The molecule has 0 radical (unpaired) electrons. The molecule has 103 heavy (non-hydrogen) atoms. The minimum absolute atomic E-state index is 0.0190. The van der Waals surface area contributed by atoms with Crippen LogP contribution < -0.4 is 14.7 Å². The minimum Gasteiger partial charge on any atom is -0.305 e. The fraction of sp³-hybridized carbons (Fsp3) is 0.100. The van der Waals surface area contributed by atoms with E-state index in [1.807, 2.05) is 209 Å². The van der Waals surface area contributed by atoms with Crippen molar-refractivity contribution in [2.24, 2.45) is 0 Å². The summed E-state index contributed by atoms with van der Waals surface area (Å²) in [6, 6.07) is 65.6. The van der Waals surface area contributed by atoms with Crippen molar-refractivity contribution in [1.82, 2.24) is 0 Å². The third-order valence-electron chi connectivity index (χ3n) is 20.3. The van der Waals surface area contributed by atoms with Gasteiger partial charge in [0.25, 0.3) is 0 Å². The lowest BCUT2D eigenvalue weighted by Crippen LogP contribution is -2.32. The Balaban J connectivity index is 1.13. The number of nitrogens with zero attached hydrogens (tertiary/aromatic N) is 3. The molecule has 2 aliphatic heterocycles. The first-order chi connectivity index (χ1) is 58.2. The Labute approximate surface area is 633 Å². The molecule has 3 heteroatoms. The maximum atomic E-state index is 10.2. The summed E-state index contributed by atoms with van der Waals surface area (Å²) in [6.45, 7) is 11.6. The second-order valence-electron chi connectivity index (χ2n) is 28.5. The molecule has 15 aromatic carbocycles. The van der Waals surface area contributed by atoms with Crippen LogP contribution in [0.4, 0.5) is 51.2 Å². The van der Waals surface area contributed by atoms with Crippen molar-refractivity contribution >= 4 is 51.2 Å². The van der Waals surface area contributed by atoms with Gasteiger partial charge in [-0.25, -0.2) is 0 Å². The van der Waals surface area contributed by atoms with E-state index in [1.54, 1.807) is 18.2 Å². The Bertz CT molecular complexity index is 6720. The van der Waals surface area contributed by atoms with Gasteiger partial charge in [-0.3, -0.25) is 0 Å². The number of fused-ring (bicyclic) bond motifs is 6. The number of rotatable bonds is 11. The van der Waals surface area contributed by atoms with Crippen LogP contribution in [0.5, 0.6) is 0 Å². The van der Waals surface area contributed by atoms with Gasteiger partial charge < -0.3 is 14.7 Å². The van der Waals surface area contributed by atoms with Gasteiger partial charge in [-0.05, 0) is 184 Å². The number of anilines is 9. The van der Waals surface area contributed by atoms with Gasteiger partial charge in [0.2, 0.25) is 0 Å². The van der Waals surface area contributed by atoms with Crippen LogP contribution in [0.3, 0.4) is 0 Å². The summed E-state index contributed by atoms with van der Waals surface area (Å²) in [5, 5.41) is 0. The SMILES string of the molecule is [2H]c1cc([2H])c([2H])c(-c2cc(C(C)(C)C)cc(-c3c([2H])c([2H])c([2H])c([2H])c3[2H])c2N2c3ccc(-c4ccccc4-c4ccccc4)cc3N3c4cc(-c5ccccc5-c5ccccc5)ccc4N(c4c(-c5c([2H])c([2H])c([2H])c([2H])c5[2H])cc(C(C)(C)C)cc4-c4c([2H])c([2H])c([2H])c([2H])c4[2H])c4cc(C5c6ccccc6Cc6ccccc65)cc2c43)c1[2H]. The highest BCUT2D eigenvalue weighted by Crippen LogP contribution is 2.68. The van der Waals surface area contributed by atoms with E-state index in [0.717, 1.165) is 61.7 Å². The van der Waals surface area contributed by atoms with Crippen LogP contribution in [0.2, 0.25) is 0 Å². The standard InChI is InChI=1S/C100H79N3/c1-99(2,3)77-62-85(68-37-17-9-18-38-68)96(86(63-77)69-39-19-10-20-40-69)101-89-55-53-74(81-49-31-29-47-79(81)66-33-13-7-14-34-66)58-91(89)103-92-59-75(82-50-32-30-48-80(82)67-35-15-8-16-36-67)54-56-90(92)102(97-87(70-41-21-11-22-42-70)64-78(100(4,5)6)65-88(97)71-43-23-12-24-44-71)94-61-76(60-93(101)98(94)103)95-83-51-27-25-45-72(83)57-73-46-26-28-52-84(73)95/h7-56,58-65,95H,57H2,1-6H3/i9D,10D,11D,17D,18D,19D,20D,21D,22D,23D,24D,37D,38D,39D,40D,41D,42D,43D,44D. The summed E-state index contributed by atoms with van der Waals surface area (Å²) in [4.78, 5) is 6.03. The Kier molecular flexibility index (Phi) is 11.2. The van der Waals surface area contributed by atoms with E-state index >= 15 is 0 Å². The molecule has 0 spiro atoms. The smallest absolute Gasteiger partial charge is 0.0948 e. The highest BCUT2D eigenvalue weighted by atomic mass is 15.3. The van der Waals surface area contributed by atoms with Crippen molar-refractivity contribution in [2.45, 2.75) is 64.7 Å². The van der Waals surface area contributed by atoms with Gasteiger partial charge in [0.1, 0.15) is 0 Å². The highest BCUT2D eigenvalue weighted by Gasteiger charge is 2.44. The maximum absolute atomic E-state index is 10.2. The zero-order valence-corrected chi connectivity index (χ0v) is 57.6. The molecule has 3 aliphatic rings. The zero-order valence-electron chi connectivity index (χ0n) is 76.6. The van der Waals surface area contributed by atoms with Crippen LogP contribution >= 0.6 is 0 Å². The molecule has 1 aliphatic carbocycles. The molecule has 0 bridgehead atoms. The van der Waals surface area contributed by atoms with Crippen LogP contribution in [-0.2, 0) is 17.3 Å². The van der Waals surface area contributed by atoms with Crippen LogP contribution in [0.15, 0.2) is 351 Å². The second-order valence-corrected chi connectivity index (χ2v) is 28.5. The van der Waals surface area contributed by atoms with Crippen molar-refractivity contribution in [3.05, 3.63) is 390 Å². The molecule has 3 nitrogen and oxygen atoms in total.